The molecule has 160 valence electrons. The van der Waals surface area contributed by atoms with Gasteiger partial charge in [-0.3, -0.25) is 14.5 Å². The molecular formula is C23H21IN2O4S. The van der Waals surface area contributed by atoms with E-state index in [1.807, 2.05) is 45.0 Å². The number of nitriles is 1. The molecule has 0 atom stereocenters. The Morgan fingerprint density at radius 1 is 1.23 bits per heavy atom. The molecule has 1 fully saturated rings. The van der Waals surface area contributed by atoms with Crippen LogP contribution in [-0.4, -0.2) is 28.7 Å². The fourth-order valence-corrected chi connectivity index (χ4v) is 4.80. The third kappa shape index (κ3) is 5.22. The van der Waals surface area contributed by atoms with Crippen LogP contribution in [0.15, 0.2) is 41.3 Å². The van der Waals surface area contributed by atoms with E-state index in [9.17, 15) is 14.9 Å². The van der Waals surface area contributed by atoms with Crippen molar-refractivity contribution in [3.8, 4) is 17.6 Å². The van der Waals surface area contributed by atoms with E-state index in [-0.39, 0.29) is 23.8 Å². The molecule has 1 saturated heterocycles. The average molecular weight is 548 g/mol. The van der Waals surface area contributed by atoms with Crippen LogP contribution < -0.4 is 9.47 Å². The van der Waals surface area contributed by atoms with Gasteiger partial charge in [-0.15, -0.1) is 0 Å². The van der Waals surface area contributed by atoms with E-state index in [0.29, 0.717) is 28.6 Å². The summed E-state index contributed by atoms with van der Waals surface area (Å²) in [5.74, 6) is 0.826. The van der Waals surface area contributed by atoms with Crippen molar-refractivity contribution in [2.45, 2.75) is 33.4 Å². The van der Waals surface area contributed by atoms with Crippen LogP contribution in [-0.2, 0) is 11.4 Å². The predicted molar refractivity (Wildman–Crippen MR) is 129 cm³/mol. The SMILES string of the molecule is CCOc1cc(/C=C2\SC(=O)N(C(C)C)C2=O)cc(I)c1OCc1ccccc1C#N. The van der Waals surface area contributed by atoms with Crippen molar-refractivity contribution < 1.29 is 19.1 Å². The summed E-state index contributed by atoms with van der Waals surface area (Å²) < 4.78 is 12.6. The van der Waals surface area contributed by atoms with Gasteiger partial charge in [-0.1, -0.05) is 18.2 Å². The lowest BCUT2D eigenvalue weighted by molar-refractivity contribution is -0.123. The molecule has 1 aliphatic heterocycles. The molecule has 31 heavy (non-hydrogen) atoms. The van der Waals surface area contributed by atoms with Gasteiger partial charge in [0.1, 0.15) is 6.61 Å². The zero-order chi connectivity index (χ0) is 22.5. The third-order valence-corrected chi connectivity index (χ3v) is 6.16. The molecule has 0 unspecified atom stereocenters. The lowest BCUT2D eigenvalue weighted by Crippen LogP contribution is -2.34. The number of amides is 2. The maximum atomic E-state index is 12.6. The number of hydrogen-bond donors (Lipinski definition) is 0. The number of halogens is 1. The molecule has 0 aromatic heterocycles. The zero-order valence-corrected chi connectivity index (χ0v) is 20.3. The van der Waals surface area contributed by atoms with Crippen molar-refractivity contribution in [3.05, 3.63) is 61.6 Å². The molecule has 2 aromatic carbocycles. The maximum absolute atomic E-state index is 12.6. The van der Waals surface area contributed by atoms with Gasteiger partial charge in [-0.05, 0) is 85.0 Å². The first-order chi connectivity index (χ1) is 14.8. The number of thioether (sulfide) groups is 1. The van der Waals surface area contributed by atoms with Crippen molar-refractivity contribution in [1.29, 1.82) is 5.26 Å². The number of carbonyl (C=O) groups excluding carboxylic acids is 2. The van der Waals surface area contributed by atoms with Crippen LogP contribution in [0.1, 0.15) is 37.5 Å². The second kappa shape index (κ2) is 10.2. The van der Waals surface area contributed by atoms with Crippen LogP contribution >= 0.6 is 34.4 Å². The number of rotatable bonds is 7. The molecule has 3 rings (SSSR count). The summed E-state index contributed by atoms with van der Waals surface area (Å²) in [5.41, 5.74) is 2.09. The Labute approximate surface area is 199 Å². The number of carbonyl (C=O) groups is 2. The highest BCUT2D eigenvalue weighted by molar-refractivity contribution is 14.1. The second-order valence-corrected chi connectivity index (χ2v) is 9.12. The smallest absolute Gasteiger partial charge is 0.293 e. The molecule has 1 heterocycles. The molecule has 8 heteroatoms. The van der Waals surface area contributed by atoms with Crippen LogP contribution in [0.2, 0.25) is 0 Å². The molecule has 0 saturated carbocycles. The number of nitrogens with zero attached hydrogens (tertiary/aromatic N) is 2. The highest BCUT2D eigenvalue weighted by Gasteiger charge is 2.36. The number of imide groups is 1. The van der Waals surface area contributed by atoms with Crippen LogP contribution in [0.4, 0.5) is 4.79 Å². The molecule has 6 nitrogen and oxygen atoms in total. The Kier molecular flexibility index (Phi) is 7.62. The molecule has 2 amide bonds. The van der Waals surface area contributed by atoms with E-state index < -0.39 is 0 Å². The molecular weight excluding hydrogens is 527 g/mol. The minimum Gasteiger partial charge on any atom is -0.490 e. The molecule has 0 radical (unpaired) electrons. The van der Waals surface area contributed by atoms with E-state index >= 15 is 0 Å². The summed E-state index contributed by atoms with van der Waals surface area (Å²) in [7, 11) is 0. The minimum absolute atomic E-state index is 0.190. The van der Waals surface area contributed by atoms with Gasteiger partial charge in [0.2, 0.25) is 0 Å². The first kappa shape index (κ1) is 23.2. The van der Waals surface area contributed by atoms with Crippen LogP contribution in [0.5, 0.6) is 11.5 Å². The van der Waals surface area contributed by atoms with Gasteiger partial charge in [0.25, 0.3) is 11.1 Å². The average Bonchev–Trinajstić information content (AvgIpc) is 3.00. The summed E-state index contributed by atoms with van der Waals surface area (Å²) in [4.78, 5) is 26.4. The summed E-state index contributed by atoms with van der Waals surface area (Å²) in [6.07, 6.45) is 1.70. The highest BCUT2D eigenvalue weighted by Crippen LogP contribution is 2.38. The van der Waals surface area contributed by atoms with Crippen molar-refractivity contribution in [2.75, 3.05) is 6.61 Å². The first-order valence-corrected chi connectivity index (χ1v) is 11.6. The van der Waals surface area contributed by atoms with Gasteiger partial charge in [-0.2, -0.15) is 5.26 Å². The minimum atomic E-state index is -0.286. The van der Waals surface area contributed by atoms with Crippen molar-refractivity contribution in [3.63, 3.8) is 0 Å². The summed E-state index contributed by atoms with van der Waals surface area (Å²) >= 11 is 3.09. The number of benzene rings is 2. The van der Waals surface area contributed by atoms with Gasteiger partial charge >= 0.3 is 0 Å². The van der Waals surface area contributed by atoms with E-state index in [4.69, 9.17) is 9.47 Å². The number of ether oxygens (including phenoxy) is 2. The van der Waals surface area contributed by atoms with Gasteiger partial charge in [-0.25, -0.2) is 0 Å². The Balaban J connectivity index is 1.90. The van der Waals surface area contributed by atoms with Gasteiger partial charge < -0.3 is 9.47 Å². The van der Waals surface area contributed by atoms with Gasteiger partial charge in [0, 0.05) is 11.6 Å². The molecule has 2 aromatic rings. The van der Waals surface area contributed by atoms with E-state index in [2.05, 4.69) is 28.7 Å². The molecule has 0 aliphatic carbocycles. The third-order valence-electron chi connectivity index (χ3n) is 4.48. The molecule has 0 N–H and O–H groups in total. The topological polar surface area (TPSA) is 79.6 Å². The molecule has 0 bridgehead atoms. The predicted octanol–water partition coefficient (Wildman–Crippen LogP) is 5.59. The largest absolute Gasteiger partial charge is 0.490 e. The monoisotopic (exact) mass is 548 g/mol. The lowest BCUT2D eigenvalue weighted by atomic mass is 10.1. The second-order valence-electron chi connectivity index (χ2n) is 6.97. The Hall–Kier alpha value is -2.51. The van der Waals surface area contributed by atoms with Gasteiger partial charge in [0.15, 0.2) is 11.5 Å². The van der Waals surface area contributed by atoms with Crippen LogP contribution in [0.25, 0.3) is 6.08 Å². The van der Waals surface area contributed by atoms with E-state index in [0.717, 1.165) is 26.5 Å². The summed E-state index contributed by atoms with van der Waals surface area (Å²) in [6.45, 7) is 6.17. The first-order valence-electron chi connectivity index (χ1n) is 9.69. The lowest BCUT2D eigenvalue weighted by Gasteiger charge is -2.16. The van der Waals surface area contributed by atoms with E-state index in [1.165, 1.54) is 4.90 Å². The highest BCUT2D eigenvalue weighted by atomic mass is 127. The Bertz CT molecular complexity index is 1090. The maximum Gasteiger partial charge on any atom is 0.293 e. The Morgan fingerprint density at radius 3 is 2.61 bits per heavy atom. The van der Waals surface area contributed by atoms with E-state index in [1.54, 1.807) is 18.2 Å². The van der Waals surface area contributed by atoms with Crippen molar-refractivity contribution >= 4 is 51.6 Å². The summed E-state index contributed by atoms with van der Waals surface area (Å²) in [5, 5.41) is 9.02. The molecule has 0 spiro atoms. The summed E-state index contributed by atoms with van der Waals surface area (Å²) in [6, 6.07) is 12.9. The fraction of sp³-hybridized carbons (Fsp3) is 0.261. The molecule has 1 aliphatic rings. The van der Waals surface area contributed by atoms with Gasteiger partial charge in [0.05, 0.1) is 26.7 Å². The Morgan fingerprint density at radius 2 is 1.97 bits per heavy atom. The van der Waals surface area contributed by atoms with Crippen LogP contribution in [0.3, 0.4) is 0 Å². The fourth-order valence-electron chi connectivity index (χ4n) is 3.06. The standard InChI is InChI=1S/C23H21IN2O4S/c1-4-29-19-10-15(11-20-22(27)26(14(2)3)23(28)31-20)9-18(24)21(19)30-13-17-8-6-5-7-16(17)12-25/h5-11,14H,4,13H2,1-3H3/b20-11-. The normalized spacial score (nSPS) is 15.0. The van der Waals surface area contributed by atoms with Crippen molar-refractivity contribution in [1.82, 2.24) is 4.90 Å². The van der Waals surface area contributed by atoms with Crippen LogP contribution in [0, 0.1) is 14.9 Å². The number of hydrogen-bond acceptors (Lipinski definition) is 6. The quantitative estimate of drug-likeness (QED) is 0.332. The zero-order valence-electron chi connectivity index (χ0n) is 17.3. The van der Waals surface area contributed by atoms with Crippen molar-refractivity contribution in [2.24, 2.45) is 0 Å².